The normalized spacial score (nSPS) is 13.4. The predicted octanol–water partition coefficient (Wildman–Crippen LogP) is 7.29. The van der Waals surface area contributed by atoms with Crippen LogP contribution in [0.2, 0.25) is 10.0 Å². The molecule has 2 aromatic carbocycles. The molecule has 1 N–H and O–H groups in total. The second-order valence-corrected chi connectivity index (χ2v) is 10.1. The number of ether oxygens (including phenoxy) is 2. The van der Waals surface area contributed by atoms with Crippen LogP contribution >= 0.6 is 23.2 Å². The van der Waals surface area contributed by atoms with Crippen molar-refractivity contribution in [1.29, 1.82) is 0 Å². The van der Waals surface area contributed by atoms with Crippen molar-refractivity contribution in [2.45, 2.75) is 31.7 Å². The van der Waals surface area contributed by atoms with E-state index in [0.29, 0.717) is 34.0 Å². The second kappa shape index (κ2) is 11.1. The van der Waals surface area contributed by atoms with Crippen LogP contribution in [0.3, 0.4) is 0 Å². The third kappa shape index (κ3) is 5.00. The number of carbonyl (C=O) groups excluding carboxylic acids is 1. The number of benzene rings is 2. The van der Waals surface area contributed by atoms with E-state index in [1.165, 1.54) is 20.3 Å². The average Bonchev–Trinajstić information content (AvgIpc) is 3.48. The Kier molecular flexibility index (Phi) is 7.64. The number of pyridine rings is 2. The summed E-state index contributed by atoms with van der Waals surface area (Å²) in [6, 6.07) is 12.7. The number of carbonyl (C=O) groups is 1. The Bertz CT molecular complexity index is 1630. The van der Waals surface area contributed by atoms with Crippen LogP contribution in [0.25, 0.3) is 33.3 Å². The molecule has 0 saturated heterocycles. The first-order valence-electron chi connectivity index (χ1n) is 12.6. The number of nitrogens with one attached hydrogen (secondary N) is 1. The number of anilines is 1. The summed E-state index contributed by atoms with van der Waals surface area (Å²) in [5.41, 5.74) is 3.39. The zero-order chi connectivity index (χ0) is 27.7. The van der Waals surface area contributed by atoms with E-state index in [4.69, 9.17) is 37.7 Å². The van der Waals surface area contributed by atoms with Crippen LogP contribution in [0.1, 0.15) is 31.7 Å². The number of fused-ring (bicyclic) bond motifs is 1. The maximum Gasteiger partial charge on any atom is 0.259 e. The summed E-state index contributed by atoms with van der Waals surface area (Å²) in [6.45, 7) is 3.50. The van der Waals surface area contributed by atoms with Crippen LogP contribution < -0.4 is 20.3 Å². The topological polar surface area (TPSA) is 82.5 Å². The zero-order valence-corrected chi connectivity index (χ0v) is 23.1. The van der Waals surface area contributed by atoms with Crippen molar-refractivity contribution in [2.24, 2.45) is 0 Å². The molecule has 2 aromatic heterocycles. The van der Waals surface area contributed by atoms with Crippen LogP contribution in [0.4, 0.5) is 5.69 Å². The Morgan fingerprint density at radius 1 is 1.08 bits per heavy atom. The minimum absolute atomic E-state index is 0.0264. The predicted molar refractivity (Wildman–Crippen MR) is 156 cm³/mol. The summed E-state index contributed by atoms with van der Waals surface area (Å²) in [6.07, 6.45) is 6.83. The molecular weight excluding hydrogens is 537 g/mol. The molecule has 2 heterocycles. The van der Waals surface area contributed by atoms with Gasteiger partial charge in [0.25, 0.3) is 5.56 Å². The smallest absolute Gasteiger partial charge is 0.259 e. The number of nitrogens with zero attached hydrogens (tertiary/aromatic N) is 2. The van der Waals surface area contributed by atoms with Crippen molar-refractivity contribution in [3.63, 3.8) is 0 Å². The maximum absolute atomic E-state index is 14.2. The lowest BCUT2D eigenvalue weighted by molar-refractivity contribution is -0.111. The molecule has 0 bridgehead atoms. The molecule has 9 heteroatoms. The highest BCUT2D eigenvalue weighted by molar-refractivity contribution is 6.41. The molecule has 200 valence electrons. The van der Waals surface area contributed by atoms with E-state index >= 15 is 0 Å². The fraction of sp³-hybridized carbons (Fsp3) is 0.233. The molecule has 1 aliphatic carbocycles. The van der Waals surface area contributed by atoms with Gasteiger partial charge < -0.3 is 19.4 Å². The summed E-state index contributed by atoms with van der Waals surface area (Å²) in [5.74, 6) is 0.418. The Labute approximate surface area is 236 Å². The molecule has 39 heavy (non-hydrogen) atoms. The summed E-state index contributed by atoms with van der Waals surface area (Å²) in [4.78, 5) is 30.7. The lowest BCUT2D eigenvalue weighted by atomic mass is 10.0. The Morgan fingerprint density at radius 2 is 1.77 bits per heavy atom. The molecule has 1 fully saturated rings. The number of amides is 1. The quantitative estimate of drug-likeness (QED) is 0.238. The Balaban J connectivity index is 1.74. The summed E-state index contributed by atoms with van der Waals surface area (Å²) in [7, 11) is 3.00. The van der Waals surface area contributed by atoms with E-state index in [2.05, 4.69) is 11.9 Å². The standard InChI is InChI=1S/C30H27Cl2N3O4/c1-4-26(36)34-19-9-7-8-17(12-19)22-14-23-18(16-33-22)13-21(30(37)35(23)20-10-5-6-11-20)27-28(31)24(38-2)15-25(39-3)29(27)32/h4,7-9,12-16,20H,1,5-6,10-11H2,2-3H3,(H,34,36). The van der Waals surface area contributed by atoms with Gasteiger partial charge >= 0.3 is 0 Å². The zero-order valence-electron chi connectivity index (χ0n) is 21.6. The molecule has 0 atom stereocenters. The molecule has 1 saturated carbocycles. The molecule has 1 amide bonds. The SMILES string of the molecule is C=CC(=O)Nc1cccc(-c2cc3c(cn2)cc(-c2c(Cl)c(OC)cc(OC)c2Cl)c(=O)n3C2CCCC2)c1. The van der Waals surface area contributed by atoms with Crippen molar-refractivity contribution >= 4 is 45.7 Å². The lowest BCUT2D eigenvalue weighted by Crippen LogP contribution is -2.25. The second-order valence-electron chi connectivity index (χ2n) is 9.36. The van der Waals surface area contributed by atoms with Crippen LogP contribution in [-0.4, -0.2) is 29.7 Å². The highest BCUT2D eigenvalue weighted by Crippen LogP contribution is 2.46. The number of methoxy groups -OCH3 is 2. The Hall–Kier alpha value is -3.81. The molecule has 1 aliphatic rings. The van der Waals surface area contributed by atoms with Crippen molar-refractivity contribution in [2.75, 3.05) is 19.5 Å². The monoisotopic (exact) mass is 563 g/mol. The molecule has 0 spiro atoms. The number of hydrogen-bond acceptors (Lipinski definition) is 5. The highest BCUT2D eigenvalue weighted by atomic mass is 35.5. The van der Waals surface area contributed by atoms with Crippen LogP contribution in [0.15, 0.2) is 66.1 Å². The van der Waals surface area contributed by atoms with E-state index < -0.39 is 0 Å². The number of hydrogen-bond donors (Lipinski definition) is 1. The van der Waals surface area contributed by atoms with Gasteiger partial charge in [-0.25, -0.2) is 0 Å². The van der Waals surface area contributed by atoms with Crippen molar-refractivity contribution in [3.05, 3.63) is 81.7 Å². The Morgan fingerprint density at radius 3 is 2.41 bits per heavy atom. The minimum atomic E-state index is -0.298. The van der Waals surface area contributed by atoms with Gasteiger partial charge in [-0.2, -0.15) is 0 Å². The van der Waals surface area contributed by atoms with Gasteiger partial charge in [-0.15, -0.1) is 0 Å². The summed E-state index contributed by atoms with van der Waals surface area (Å²) in [5, 5.41) is 4.02. The van der Waals surface area contributed by atoms with Gasteiger partial charge in [0.15, 0.2) is 0 Å². The maximum atomic E-state index is 14.2. The van der Waals surface area contributed by atoms with Crippen LogP contribution in [0, 0.1) is 0 Å². The van der Waals surface area contributed by atoms with Gasteiger partial charge in [0.2, 0.25) is 5.91 Å². The van der Waals surface area contributed by atoms with E-state index in [1.54, 1.807) is 24.4 Å². The van der Waals surface area contributed by atoms with Crippen molar-refractivity contribution in [3.8, 4) is 33.9 Å². The van der Waals surface area contributed by atoms with Gasteiger partial charge in [0.1, 0.15) is 11.5 Å². The number of aromatic nitrogens is 2. The first-order chi connectivity index (χ1) is 18.9. The summed E-state index contributed by atoms with van der Waals surface area (Å²) < 4.78 is 12.7. The fourth-order valence-corrected chi connectivity index (χ4v) is 5.87. The van der Waals surface area contributed by atoms with Gasteiger partial charge in [0, 0.05) is 40.5 Å². The number of halogens is 2. The first-order valence-corrected chi connectivity index (χ1v) is 13.3. The molecule has 4 aromatic rings. The van der Waals surface area contributed by atoms with E-state index in [1.807, 2.05) is 28.8 Å². The third-order valence-corrected chi connectivity index (χ3v) is 7.82. The van der Waals surface area contributed by atoms with Gasteiger partial charge in [-0.3, -0.25) is 14.6 Å². The molecule has 7 nitrogen and oxygen atoms in total. The highest BCUT2D eigenvalue weighted by Gasteiger charge is 2.26. The third-order valence-electron chi connectivity index (χ3n) is 7.06. The molecule has 0 radical (unpaired) electrons. The van der Waals surface area contributed by atoms with E-state index in [-0.39, 0.29) is 27.6 Å². The van der Waals surface area contributed by atoms with Crippen molar-refractivity contribution < 1.29 is 14.3 Å². The first kappa shape index (κ1) is 26.8. The molecule has 0 unspecified atom stereocenters. The van der Waals surface area contributed by atoms with E-state index in [9.17, 15) is 9.59 Å². The molecule has 5 rings (SSSR count). The van der Waals surface area contributed by atoms with Crippen molar-refractivity contribution in [1.82, 2.24) is 9.55 Å². The fourth-order valence-electron chi connectivity index (χ4n) is 5.17. The molecular formula is C30H27Cl2N3O4. The van der Waals surface area contributed by atoms with Gasteiger partial charge in [-0.1, -0.05) is 54.8 Å². The van der Waals surface area contributed by atoms with Crippen LogP contribution in [-0.2, 0) is 4.79 Å². The molecule has 0 aliphatic heterocycles. The van der Waals surface area contributed by atoms with Gasteiger partial charge in [0.05, 0.1) is 41.0 Å². The van der Waals surface area contributed by atoms with E-state index in [0.717, 1.165) is 42.1 Å². The van der Waals surface area contributed by atoms with Gasteiger partial charge in [-0.05, 0) is 43.2 Å². The van der Waals surface area contributed by atoms with Crippen LogP contribution in [0.5, 0.6) is 11.5 Å². The summed E-state index contributed by atoms with van der Waals surface area (Å²) >= 11 is 13.4. The number of rotatable bonds is 7. The average molecular weight is 564 g/mol. The largest absolute Gasteiger partial charge is 0.495 e. The minimum Gasteiger partial charge on any atom is -0.495 e. The lowest BCUT2D eigenvalue weighted by Gasteiger charge is -2.21.